The van der Waals surface area contributed by atoms with Crippen molar-refractivity contribution in [1.82, 2.24) is 5.32 Å². The van der Waals surface area contributed by atoms with Crippen LogP contribution >= 0.6 is 0 Å². The maximum atomic E-state index is 12.3. The number of nitrogens with one attached hydrogen (secondary N) is 1. The van der Waals surface area contributed by atoms with E-state index < -0.39 is 6.36 Å². The molecule has 3 rings (SSSR count). The Balaban J connectivity index is 1.57. The summed E-state index contributed by atoms with van der Waals surface area (Å²) in [5, 5.41) is 3.71. The van der Waals surface area contributed by atoms with Crippen molar-refractivity contribution in [3.05, 3.63) is 24.3 Å². The molecule has 2 aliphatic rings. The van der Waals surface area contributed by atoms with Crippen LogP contribution in [0, 0.1) is 0 Å². The number of hydrogen-bond donors (Lipinski definition) is 2. The van der Waals surface area contributed by atoms with Crippen LogP contribution in [-0.4, -0.2) is 37.6 Å². The molecule has 0 bridgehead atoms. The quantitative estimate of drug-likeness (QED) is 0.867. The lowest BCUT2D eigenvalue weighted by Gasteiger charge is -2.39. The van der Waals surface area contributed by atoms with Gasteiger partial charge in [0, 0.05) is 36.9 Å². The van der Waals surface area contributed by atoms with E-state index in [9.17, 15) is 13.2 Å². The van der Waals surface area contributed by atoms with E-state index in [1.165, 1.54) is 25.0 Å². The van der Waals surface area contributed by atoms with Crippen LogP contribution < -0.4 is 20.7 Å². The van der Waals surface area contributed by atoms with Crippen molar-refractivity contribution < 1.29 is 17.9 Å². The van der Waals surface area contributed by atoms with Gasteiger partial charge in [-0.3, -0.25) is 0 Å². The third-order valence-electron chi connectivity index (χ3n) is 5.13. The van der Waals surface area contributed by atoms with Crippen LogP contribution in [-0.2, 0) is 0 Å². The molecule has 1 aromatic rings. The standard InChI is InChI=1S/C18H26F3N3O/c19-18(20,21)25-15-9-7-14(8-10-15)24-11-3-4-13(12-24)23-17-6-2-1-5-16(17)22/h7-10,13,16-17,23H,1-6,11-12,22H2/t13-,16?,17+/m0/s1. The summed E-state index contributed by atoms with van der Waals surface area (Å²) in [6.45, 7) is 1.76. The van der Waals surface area contributed by atoms with Gasteiger partial charge in [-0.1, -0.05) is 12.8 Å². The second-order valence-corrected chi connectivity index (χ2v) is 7.05. The highest BCUT2D eigenvalue weighted by atomic mass is 19.4. The van der Waals surface area contributed by atoms with Crippen LogP contribution in [0.1, 0.15) is 38.5 Å². The van der Waals surface area contributed by atoms with Crippen molar-refractivity contribution in [2.45, 2.75) is 63.0 Å². The molecule has 4 nitrogen and oxygen atoms in total. The minimum absolute atomic E-state index is 0.184. The summed E-state index contributed by atoms with van der Waals surface area (Å²) in [4.78, 5) is 2.22. The van der Waals surface area contributed by atoms with E-state index in [1.807, 2.05) is 0 Å². The topological polar surface area (TPSA) is 50.5 Å². The summed E-state index contributed by atoms with van der Waals surface area (Å²) in [5.41, 5.74) is 7.15. The van der Waals surface area contributed by atoms with Crippen LogP contribution in [0.4, 0.5) is 18.9 Å². The van der Waals surface area contributed by atoms with Gasteiger partial charge in [0.1, 0.15) is 5.75 Å². The van der Waals surface area contributed by atoms with Gasteiger partial charge in [0.25, 0.3) is 0 Å². The maximum absolute atomic E-state index is 12.3. The fourth-order valence-corrected chi connectivity index (χ4v) is 3.88. The number of anilines is 1. The molecule has 0 radical (unpaired) electrons. The minimum atomic E-state index is -4.65. The number of alkyl halides is 3. The smallest absolute Gasteiger partial charge is 0.406 e. The van der Waals surface area contributed by atoms with Crippen molar-refractivity contribution in [3.8, 4) is 5.75 Å². The van der Waals surface area contributed by atoms with Gasteiger partial charge in [0.15, 0.2) is 0 Å². The Morgan fingerprint density at radius 2 is 1.76 bits per heavy atom. The van der Waals surface area contributed by atoms with Gasteiger partial charge in [0.2, 0.25) is 0 Å². The van der Waals surface area contributed by atoms with Crippen molar-refractivity contribution in [1.29, 1.82) is 0 Å². The highest BCUT2D eigenvalue weighted by molar-refractivity contribution is 5.49. The van der Waals surface area contributed by atoms with Gasteiger partial charge >= 0.3 is 6.36 Å². The van der Waals surface area contributed by atoms with Gasteiger partial charge < -0.3 is 20.7 Å². The van der Waals surface area contributed by atoms with Gasteiger partial charge in [-0.15, -0.1) is 13.2 Å². The van der Waals surface area contributed by atoms with E-state index in [4.69, 9.17) is 5.73 Å². The normalized spacial score (nSPS) is 28.0. The Morgan fingerprint density at radius 3 is 2.44 bits per heavy atom. The maximum Gasteiger partial charge on any atom is 0.573 e. The summed E-state index contributed by atoms with van der Waals surface area (Å²) in [7, 11) is 0. The first-order valence-corrected chi connectivity index (χ1v) is 9.03. The Bertz CT molecular complexity index is 549. The van der Waals surface area contributed by atoms with E-state index in [-0.39, 0.29) is 11.8 Å². The summed E-state index contributed by atoms with van der Waals surface area (Å²) in [6.07, 6.45) is 2.15. The fraction of sp³-hybridized carbons (Fsp3) is 0.667. The molecule has 0 aromatic heterocycles. The third-order valence-corrected chi connectivity index (χ3v) is 5.13. The van der Waals surface area contributed by atoms with Gasteiger partial charge in [-0.25, -0.2) is 0 Å². The summed E-state index contributed by atoms with van der Waals surface area (Å²) in [5.74, 6) is -0.184. The van der Waals surface area contributed by atoms with Crippen LogP contribution in [0.5, 0.6) is 5.75 Å². The molecule has 3 atom stereocenters. The lowest BCUT2D eigenvalue weighted by molar-refractivity contribution is -0.274. The summed E-state index contributed by atoms with van der Waals surface area (Å²) >= 11 is 0. The van der Waals surface area contributed by atoms with Crippen LogP contribution in [0.25, 0.3) is 0 Å². The number of ether oxygens (including phenoxy) is 1. The molecule has 1 saturated heterocycles. The predicted molar refractivity (Wildman–Crippen MR) is 91.7 cm³/mol. The molecule has 1 aliphatic heterocycles. The molecule has 1 aliphatic carbocycles. The zero-order chi connectivity index (χ0) is 17.9. The number of piperidine rings is 1. The summed E-state index contributed by atoms with van der Waals surface area (Å²) in [6, 6.07) is 7.09. The van der Waals surface area contributed by atoms with Gasteiger partial charge in [-0.05, 0) is 49.9 Å². The molecule has 1 heterocycles. The SMILES string of the molecule is NC1CCCC[C@H]1N[C@H]1CCCN(c2ccc(OC(F)(F)F)cc2)C1. The largest absolute Gasteiger partial charge is 0.573 e. The molecule has 1 unspecified atom stereocenters. The first kappa shape index (κ1) is 18.3. The third kappa shape index (κ3) is 5.25. The van der Waals surface area contributed by atoms with Crippen molar-refractivity contribution in [2.75, 3.05) is 18.0 Å². The molecule has 140 valence electrons. The number of benzene rings is 1. The highest BCUT2D eigenvalue weighted by Crippen LogP contribution is 2.27. The van der Waals surface area contributed by atoms with E-state index in [0.29, 0.717) is 12.1 Å². The molecular formula is C18H26F3N3O. The monoisotopic (exact) mass is 357 g/mol. The second kappa shape index (κ2) is 7.83. The Hall–Kier alpha value is -1.47. The van der Waals surface area contributed by atoms with E-state index in [2.05, 4.69) is 15.0 Å². The van der Waals surface area contributed by atoms with Gasteiger partial charge in [-0.2, -0.15) is 0 Å². The number of nitrogens with zero attached hydrogens (tertiary/aromatic N) is 1. The summed E-state index contributed by atoms with van der Waals surface area (Å²) < 4.78 is 40.7. The Morgan fingerprint density at radius 1 is 1.04 bits per heavy atom. The van der Waals surface area contributed by atoms with Crippen LogP contribution in [0.15, 0.2) is 24.3 Å². The first-order valence-electron chi connectivity index (χ1n) is 9.03. The van der Waals surface area contributed by atoms with Crippen molar-refractivity contribution in [3.63, 3.8) is 0 Å². The van der Waals surface area contributed by atoms with Gasteiger partial charge in [0.05, 0.1) is 0 Å². The molecule has 1 saturated carbocycles. The van der Waals surface area contributed by atoms with Crippen LogP contribution in [0.2, 0.25) is 0 Å². The fourth-order valence-electron chi connectivity index (χ4n) is 3.88. The average Bonchev–Trinajstić information content (AvgIpc) is 2.57. The predicted octanol–water partition coefficient (Wildman–Crippen LogP) is 3.41. The minimum Gasteiger partial charge on any atom is -0.406 e. The molecule has 0 spiro atoms. The molecule has 0 amide bonds. The highest BCUT2D eigenvalue weighted by Gasteiger charge is 2.31. The van der Waals surface area contributed by atoms with Crippen LogP contribution in [0.3, 0.4) is 0 Å². The molecular weight excluding hydrogens is 331 g/mol. The molecule has 7 heteroatoms. The first-order chi connectivity index (χ1) is 11.9. The number of halogens is 3. The average molecular weight is 357 g/mol. The number of hydrogen-bond acceptors (Lipinski definition) is 4. The van der Waals surface area contributed by atoms with Crippen molar-refractivity contribution >= 4 is 5.69 Å². The second-order valence-electron chi connectivity index (χ2n) is 7.05. The molecule has 3 N–H and O–H groups in total. The number of rotatable bonds is 4. The van der Waals surface area contributed by atoms with E-state index in [0.717, 1.165) is 44.5 Å². The molecule has 25 heavy (non-hydrogen) atoms. The lowest BCUT2D eigenvalue weighted by Crippen LogP contribution is -2.55. The molecule has 1 aromatic carbocycles. The van der Waals surface area contributed by atoms with Crippen molar-refractivity contribution in [2.24, 2.45) is 5.73 Å². The lowest BCUT2D eigenvalue weighted by atomic mass is 9.89. The van der Waals surface area contributed by atoms with E-state index in [1.54, 1.807) is 12.1 Å². The zero-order valence-electron chi connectivity index (χ0n) is 14.3. The Kier molecular flexibility index (Phi) is 5.74. The zero-order valence-corrected chi connectivity index (χ0v) is 14.3. The van der Waals surface area contributed by atoms with E-state index >= 15 is 0 Å². The Labute approximate surface area is 146 Å². The number of nitrogens with two attached hydrogens (primary N) is 1. The molecule has 2 fully saturated rings.